The molecule has 12 heteroatoms. The molecule has 11 nitrogen and oxygen atoms in total. The number of rotatable bonds is 12. The number of ether oxygens (including phenoxy) is 1. The number of anilines is 1. The summed E-state index contributed by atoms with van der Waals surface area (Å²) in [6.07, 6.45) is 0. The van der Waals surface area contributed by atoms with Gasteiger partial charge in [-0.3, -0.25) is 19.7 Å². The van der Waals surface area contributed by atoms with Crippen LogP contribution in [0.15, 0.2) is 53.7 Å². The summed E-state index contributed by atoms with van der Waals surface area (Å²) >= 11 is 1.20. The van der Waals surface area contributed by atoms with Gasteiger partial charge in [0, 0.05) is 24.4 Å². The molecule has 2 aromatic carbocycles. The van der Waals surface area contributed by atoms with Crippen LogP contribution in [0.5, 0.6) is 5.75 Å². The zero-order valence-electron chi connectivity index (χ0n) is 20.3. The van der Waals surface area contributed by atoms with Gasteiger partial charge in [0.15, 0.2) is 17.6 Å². The summed E-state index contributed by atoms with van der Waals surface area (Å²) in [6, 6.07) is 13.2. The van der Waals surface area contributed by atoms with Crippen molar-refractivity contribution in [3.05, 3.63) is 70.0 Å². The van der Waals surface area contributed by atoms with E-state index in [-0.39, 0.29) is 36.4 Å². The third kappa shape index (κ3) is 7.54. The maximum atomic E-state index is 12.3. The molecular formula is C24H28N6O5S. The Morgan fingerprint density at radius 3 is 2.39 bits per heavy atom. The van der Waals surface area contributed by atoms with Crippen LogP contribution in [0.4, 0.5) is 11.4 Å². The van der Waals surface area contributed by atoms with Crippen LogP contribution in [0.1, 0.15) is 38.1 Å². The Hall–Kier alpha value is -3.93. The van der Waals surface area contributed by atoms with Gasteiger partial charge >= 0.3 is 0 Å². The van der Waals surface area contributed by atoms with Crippen LogP contribution >= 0.6 is 11.8 Å². The van der Waals surface area contributed by atoms with Crippen molar-refractivity contribution < 1.29 is 19.2 Å². The zero-order valence-corrected chi connectivity index (χ0v) is 21.1. The quantitative estimate of drug-likeness (QED) is 0.212. The predicted molar refractivity (Wildman–Crippen MR) is 136 cm³/mol. The highest BCUT2D eigenvalue weighted by Gasteiger charge is 2.15. The number of non-ortho nitro benzene ring substituents is 1. The topological polar surface area (TPSA) is 141 Å². The number of nitrogens with zero attached hydrogens (tertiary/aromatic N) is 4. The van der Waals surface area contributed by atoms with E-state index in [2.05, 4.69) is 34.7 Å². The summed E-state index contributed by atoms with van der Waals surface area (Å²) in [4.78, 5) is 34.7. The molecule has 3 aromatic rings. The molecule has 0 fully saturated rings. The lowest BCUT2D eigenvalue weighted by Crippen LogP contribution is -2.29. The Balaban J connectivity index is 1.46. The van der Waals surface area contributed by atoms with Crippen LogP contribution in [0.25, 0.3) is 0 Å². The van der Waals surface area contributed by atoms with E-state index in [1.807, 2.05) is 35.8 Å². The minimum absolute atomic E-state index is 0.0510. The number of aromatic nitrogens is 3. The highest BCUT2D eigenvalue weighted by Crippen LogP contribution is 2.20. The summed E-state index contributed by atoms with van der Waals surface area (Å²) in [5.74, 6) is 1.11. The van der Waals surface area contributed by atoms with E-state index < -0.39 is 4.92 Å². The largest absolute Gasteiger partial charge is 0.484 e. The number of amides is 2. The first kappa shape index (κ1) is 26.7. The number of benzene rings is 2. The lowest BCUT2D eigenvalue weighted by Gasteiger charge is -2.10. The van der Waals surface area contributed by atoms with Crippen LogP contribution in [0.3, 0.4) is 0 Å². The molecule has 36 heavy (non-hydrogen) atoms. The molecule has 0 aliphatic rings. The van der Waals surface area contributed by atoms with Gasteiger partial charge < -0.3 is 19.9 Å². The fourth-order valence-electron chi connectivity index (χ4n) is 3.19. The van der Waals surface area contributed by atoms with Gasteiger partial charge in [-0.2, -0.15) is 0 Å². The van der Waals surface area contributed by atoms with Crippen LogP contribution < -0.4 is 15.4 Å². The van der Waals surface area contributed by atoms with Crippen molar-refractivity contribution in [2.45, 2.75) is 44.9 Å². The molecular weight excluding hydrogens is 484 g/mol. The lowest BCUT2D eigenvalue weighted by atomic mass is 10.0. The van der Waals surface area contributed by atoms with Crippen LogP contribution in [-0.4, -0.2) is 43.9 Å². The van der Waals surface area contributed by atoms with Crippen molar-refractivity contribution in [2.24, 2.45) is 0 Å². The summed E-state index contributed by atoms with van der Waals surface area (Å²) < 4.78 is 7.36. The van der Waals surface area contributed by atoms with Crippen molar-refractivity contribution in [3.8, 4) is 5.75 Å². The number of carbonyl (C=O) groups is 2. The zero-order chi connectivity index (χ0) is 26.1. The minimum Gasteiger partial charge on any atom is -0.484 e. The second kappa shape index (κ2) is 12.7. The summed E-state index contributed by atoms with van der Waals surface area (Å²) in [7, 11) is 0. The van der Waals surface area contributed by atoms with Crippen LogP contribution in [-0.2, 0) is 22.7 Å². The van der Waals surface area contributed by atoms with E-state index in [1.165, 1.54) is 41.6 Å². The molecule has 0 aliphatic heterocycles. The first-order valence-electron chi connectivity index (χ1n) is 11.4. The molecule has 1 aromatic heterocycles. The van der Waals surface area contributed by atoms with Gasteiger partial charge in [-0.1, -0.05) is 37.7 Å². The number of nitrogens with one attached hydrogen (secondary N) is 2. The summed E-state index contributed by atoms with van der Waals surface area (Å²) in [5, 5.41) is 25.0. The monoisotopic (exact) mass is 512 g/mol. The van der Waals surface area contributed by atoms with Crippen molar-refractivity contribution in [3.63, 3.8) is 0 Å². The Kier molecular flexibility index (Phi) is 9.39. The Bertz CT molecular complexity index is 1190. The molecule has 0 spiro atoms. The smallest absolute Gasteiger partial charge is 0.269 e. The van der Waals surface area contributed by atoms with Crippen molar-refractivity contribution >= 4 is 35.0 Å². The van der Waals surface area contributed by atoms with E-state index in [0.29, 0.717) is 34.9 Å². The molecule has 0 unspecified atom stereocenters. The molecule has 3 rings (SSSR count). The van der Waals surface area contributed by atoms with E-state index in [4.69, 9.17) is 4.74 Å². The van der Waals surface area contributed by atoms with E-state index in [0.717, 1.165) is 0 Å². The van der Waals surface area contributed by atoms with Gasteiger partial charge in [0.25, 0.3) is 11.6 Å². The maximum Gasteiger partial charge on any atom is 0.269 e. The average molecular weight is 513 g/mol. The Morgan fingerprint density at radius 1 is 1.08 bits per heavy atom. The third-order valence-corrected chi connectivity index (χ3v) is 6.13. The Labute approximate surface area is 212 Å². The van der Waals surface area contributed by atoms with Gasteiger partial charge in [-0.25, -0.2) is 0 Å². The molecule has 0 bridgehead atoms. The molecule has 0 saturated carbocycles. The maximum absolute atomic E-state index is 12.3. The van der Waals surface area contributed by atoms with Crippen molar-refractivity contribution in [1.29, 1.82) is 0 Å². The molecule has 190 valence electrons. The molecule has 2 amide bonds. The van der Waals surface area contributed by atoms with Crippen LogP contribution in [0, 0.1) is 10.1 Å². The molecule has 2 N–H and O–H groups in total. The van der Waals surface area contributed by atoms with Crippen LogP contribution in [0.2, 0.25) is 0 Å². The van der Waals surface area contributed by atoms with Crippen molar-refractivity contribution in [2.75, 3.05) is 17.7 Å². The summed E-state index contributed by atoms with van der Waals surface area (Å²) in [5.41, 5.74) is 1.61. The molecule has 0 aliphatic carbocycles. The van der Waals surface area contributed by atoms with Gasteiger partial charge in [0.1, 0.15) is 5.75 Å². The number of hydrogen-bond acceptors (Lipinski definition) is 8. The number of nitro benzene ring substituents is 1. The normalized spacial score (nSPS) is 10.8. The highest BCUT2D eigenvalue weighted by atomic mass is 32.2. The van der Waals surface area contributed by atoms with E-state index >= 15 is 0 Å². The van der Waals surface area contributed by atoms with Gasteiger partial charge in [0.05, 0.1) is 17.2 Å². The average Bonchev–Trinajstić information content (AvgIpc) is 3.27. The van der Waals surface area contributed by atoms with Gasteiger partial charge in [-0.15, -0.1) is 10.2 Å². The molecule has 0 radical (unpaired) electrons. The van der Waals surface area contributed by atoms with Gasteiger partial charge in [-0.05, 0) is 42.7 Å². The van der Waals surface area contributed by atoms with Crippen molar-refractivity contribution in [1.82, 2.24) is 20.1 Å². The van der Waals surface area contributed by atoms with E-state index in [9.17, 15) is 19.7 Å². The second-order valence-corrected chi connectivity index (χ2v) is 9.02. The third-order valence-electron chi connectivity index (χ3n) is 5.16. The first-order chi connectivity index (χ1) is 17.3. The predicted octanol–water partition coefficient (Wildman–Crippen LogP) is 3.76. The standard InChI is InChI=1S/C24H28N6O5S/c1-4-29-21(13-25-22(31)14-35-20-11-5-17(6-12-20)16(2)3)27-28-24(29)36-15-23(32)26-18-7-9-19(10-8-18)30(33)34/h5-12,16H,4,13-15H2,1-3H3,(H,25,31)(H,26,32). The second-order valence-electron chi connectivity index (χ2n) is 8.07. The number of thioether (sulfide) groups is 1. The SMILES string of the molecule is CCn1c(CNC(=O)COc2ccc(C(C)C)cc2)nnc1SCC(=O)Nc1ccc([N+](=O)[O-])cc1. The van der Waals surface area contributed by atoms with E-state index in [1.54, 1.807) is 0 Å². The Morgan fingerprint density at radius 2 is 1.78 bits per heavy atom. The molecule has 1 heterocycles. The lowest BCUT2D eigenvalue weighted by molar-refractivity contribution is -0.384. The first-order valence-corrected chi connectivity index (χ1v) is 12.3. The highest BCUT2D eigenvalue weighted by molar-refractivity contribution is 7.99. The minimum atomic E-state index is -0.502. The number of nitro groups is 1. The van der Waals surface area contributed by atoms with Gasteiger partial charge in [0.2, 0.25) is 5.91 Å². The number of hydrogen-bond donors (Lipinski definition) is 2. The molecule has 0 atom stereocenters. The number of carbonyl (C=O) groups excluding carboxylic acids is 2. The fraction of sp³-hybridized carbons (Fsp3) is 0.333. The summed E-state index contributed by atoms with van der Waals surface area (Å²) in [6.45, 7) is 6.75. The molecule has 0 saturated heterocycles. The fourth-order valence-corrected chi connectivity index (χ4v) is 4.02.